The fourth-order valence-electron chi connectivity index (χ4n) is 2.09. The number of carbonyl (C=O) groups is 1. The molecule has 0 saturated carbocycles. The zero-order chi connectivity index (χ0) is 13.9. The van der Waals surface area contributed by atoms with Crippen LogP contribution in [0.3, 0.4) is 0 Å². The lowest BCUT2D eigenvalue weighted by Crippen LogP contribution is -2.26. The van der Waals surface area contributed by atoms with Gasteiger partial charge in [-0.05, 0) is 6.42 Å². The summed E-state index contributed by atoms with van der Waals surface area (Å²) in [6.45, 7) is 5.10. The number of hydrogen-bond donors (Lipinski definition) is 1. The SMILES string of the molecule is CCCCCCCCCC(=O)OCC(O)CN1CC1. The van der Waals surface area contributed by atoms with Gasteiger partial charge in [0.05, 0.1) is 0 Å². The molecule has 0 aliphatic carbocycles. The molecule has 4 nitrogen and oxygen atoms in total. The molecule has 1 N–H and O–H groups in total. The number of nitrogens with zero attached hydrogens (tertiary/aromatic N) is 1. The maximum Gasteiger partial charge on any atom is 0.305 e. The summed E-state index contributed by atoms with van der Waals surface area (Å²) in [7, 11) is 0. The number of aliphatic hydroxyl groups excluding tert-OH is 1. The van der Waals surface area contributed by atoms with Crippen molar-refractivity contribution in [2.75, 3.05) is 26.2 Å². The Kier molecular flexibility index (Phi) is 8.84. The molecule has 1 fully saturated rings. The molecule has 0 spiro atoms. The van der Waals surface area contributed by atoms with Gasteiger partial charge in [-0.3, -0.25) is 9.69 Å². The van der Waals surface area contributed by atoms with E-state index >= 15 is 0 Å². The van der Waals surface area contributed by atoms with E-state index in [1.165, 1.54) is 32.1 Å². The second-order valence-electron chi connectivity index (χ2n) is 5.51. The van der Waals surface area contributed by atoms with Crippen molar-refractivity contribution in [3.8, 4) is 0 Å². The van der Waals surface area contributed by atoms with Crippen LogP contribution in [0, 0.1) is 0 Å². The molecule has 0 aromatic rings. The largest absolute Gasteiger partial charge is 0.463 e. The molecule has 1 aliphatic rings. The van der Waals surface area contributed by atoms with Gasteiger partial charge in [-0.15, -0.1) is 0 Å². The number of esters is 1. The van der Waals surface area contributed by atoms with Crippen LogP contribution in [-0.2, 0) is 9.53 Å². The van der Waals surface area contributed by atoms with Crippen LogP contribution >= 0.6 is 0 Å². The minimum atomic E-state index is -0.527. The first-order chi connectivity index (χ1) is 9.22. The number of aliphatic hydroxyl groups is 1. The molecule has 1 unspecified atom stereocenters. The van der Waals surface area contributed by atoms with Gasteiger partial charge in [-0.25, -0.2) is 0 Å². The summed E-state index contributed by atoms with van der Waals surface area (Å²) in [5, 5.41) is 9.58. The molecule has 0 radical (unpaired) electrons. The van der Waals surface area contributed by atoms with Gasteiger partial charge < -0.3 is 9.84 Å². The minimum Gasteiger partial charge on any atom is -0.463 e. The smallest absolute Gasteiger partial charge is 0.305 e. The molecule has 1 saturated heterocycles. The van der Waals surface area contributed by atoms with E-state index in [1.54, 1.807) is 0 Å². The lowest BCUT2D eigenvalue weighted by Gasteiger charge is -2.11. The summed E-state index contributed by atoms with van der Waals surface area (Å²) >= 11 is 0. The van der Waals surface area contributed by atoms with E-state index in [4.69, 9.17) is 4.74 Å². The zero-order valence-electron chi connectivity index (χ0n) is 12.3. The Morgan fingerprint density at radius 2 is 1.79 bits per heavy atom. The normalized spacial score (nSPS) is 16.3. The van der Waals surface area contributed by atoms with Crippen molar-refractivity contribution >= 4 is 5.97 Å². The average molecular weight is 271 g/mol. The highest BCUT2D eigenvalue weighted by Gasteiger charge is 2.21. The molecule has 19 heavy (non-hydrogen) atoms. The Balaban J connectivity index is 1.84. The average Bonchev–Trinajstić information content (AvgIpc) is 3.19. The van der Waals surface area contributed by atoms with E-state index in [0.717, 1.165) is 25.9 Å². The van der Waals surface area contributed by atoms with Crippen LogP contribution in [0.15, 0.2) is 0 Å². The summed E-state index contributed by atoms with van der Waals surface area (Å²) in [5.74, 6) is -0.168. The lowest BCUT2D eigenvalue weighted by atomic mass is 10.1. The maximum absolute atomic E-state index is 11.4. The molecular weight excluding hydrogens is 242 g/mol. The van der Waals surface area contributed by atoms with E-state index in [2.05, 4.69) is 11.8 Å². The molecular formula is C15H29NO3. The third-order valence-electron chi connectivity index (χ3n) is 3.43. The van der Waals surface area contributed by atoms with Crippen LogP contribution in [0.25, 0.3) is 0 Å². The first kappa shape index (κ1) is 16.4. The van der Waals surface area contributed by atoms with Crippen molar-refractivity contribution in [3.05, 3.63) is 0 Å². The van der Waals surface area contributed by atoms with E-state index < -0.39 is 6.10 Å². The summed E-state index contributed by atoms with van der Waals surface area (Å²) in [4.78, 5) is 13.6. The van der Waals surface area contributed by atoms with Gasteiger partial charge in [0.25, 0.3) is 0 Å². The standard InChI is InChI=1S/C15H29NO3/c1-2-3-4-5-6-7-8-9-15(18)19-13-14(17)12-16-10-11-16/h14,17H,2-13H2,1H3. The molecule has 1 rings (SSSR count). The van der Waals surface area contributed by atoms with Crippen molar-refractivity contribution in [2.24, 2.45) is 0 Å². The topological polar surface area (TPSA) is 49.5 Å². The third-order valence-corrected chi connectivity index (χ3v) is 3.43. The molecule has 0 aromatic carbocycles. The Hall–Kier alpha value is -0.610. The number of carbonyl (C=O) groups excluding carboxylic acids is 1. The minimum absolute atomic E-state index is 0.145. The second-order valence-corrected chi connectivity index (χ2v) is 5.51. The van der Waals surface area contributed by atoms with Crippen molar-refractivity contribution in [3.63, 3.8) is 0 Å². The Morgan fingerprint density at radius 3 is 2.42 bits per heavy atom. The zero-order valence-corrected chi connectivity index (χ0v) is 12.3. The molecule has 1 heterocycles. The first-order valence-corrected chi connectivity index (χ1v) is 7.78. The molecule has 1 aliphatic heterocycles. The first-order valence-electron chi connectivity index (χ1n) is 7.78. The molecule has 0 aromatic heterocycles. The fraction of sp³-hybridized carbons (Fsp3) is 0.933. The number of β-amino-alcohol motifs (C(OH)–C–C–N with tert-alkyl or cyclic N) is 1. The molecule has 0 bridgehead atoms. The highest BCUT2D eigenvalue weighted by atomic mass is 16.5. The molecule has 1 atom stereocenters. The van der Waals surface area contributed by atoms with Gasteiger partial charge in [0.15, 0.2) is 0 Å². The Labute approximate surface area is 117 Å². The summed E-state index contributed by atoms with van der Waals surface area (Å²) < 4.78 is 5.06. The van der Waals surface area contributed by atoms with Crippen LogP contribution < -0.4 is 0 Å². The van der Waals surface area contributed by atoms with Crippen LogP contribution in [0.4, 0.5) is 0 Å². The van der Waals surface area contributed by atoms with Crippen LogP contribution in [0.1, 0.15) is 58.3 Å². The number of rotatable bonds is 12. The van der Waals surface area contributed by atoms with Gasteiger partial charge in [-0.2, -0.15) is 0 Å². The predicted molar refractivity (Wildman–Crippen MR) is 76.0 cm³/mol. The quantitative estimate of drug-likeness (QED) is 0.336. The van der Waals surface area contributed by atoms with Gasteiger partial charge in [0.1, 0.15) is 12.7 Å². The predicted octanol–water partition coefficient (Wildman–Crippen LogP) is 2.35. The Morgan fingerprint density at radius 1 is 1.16 bits per heavy atom. The Bertz CT molecular complexity index is 242. The highest BCUT2D eigenvalue weighted by Crippen LogP contribution is 2.09. The summed E-state index contributed by atoms with van der Waals surface area (Å²) in [5.41, 5.74) is 0. The van der Waals surface area contributed by atoms with E-state index in [0.29, 0.717) is 13.0 Å². The van der Waals surface area contributed by atoms with E-state index in [1.807, 2.05) is 0 Å². The molecule has 0 amide bonds. The maximum atomic E-state index is 11.4. The van der Waals surface area contributed by atoms with E-state index in [9.17, 15) is 9.90 Å². The van der Waals surface area contributed by atoms with Gasteiger partial charge in [0.2, 0.25) is 0 Å². The van der Waals surface area contributed by atoms with Crippen LogP contribution in [-0.4, -0.2) is 48.3 Å². The van der Waals surface area contributed by atoms with Crippen molar-refractivity contribution in [1.29, 1.82) is 0 Å². The van der Waals surface area contributed by atoms with Crippen molar-refractivity contribution in [1.82, 2.24) is 4.90 Å². The van der Waals surface area contributed by atoms with Crippen molar-refractivity contribution in [2.45, 2.75) is 64.4 Å². The fourth-order valence-corrected chi connectivity index (χ4v) is 2.09. The highest BCUT2D eigenvalue weighted by molar-refractivity contribution is 5.69. The summed E-state index contributed by atoms with van der Waals surface area (Å²) in [6.07, 6.45) is 8.36. The van der Waals surface area contributed by atoms with Gasteiger partial charge in [-0.1, -0.05) is 45.4 Å². The van der Waals surface area contributed by atoms with E-state index in [-0.39, 0.29) is 12.6 Å². The number of hydrogen-bond acceptors (Lipinski definition) is 4. The molecule has 112 valence electrons. The van der Waals surface area contributed by atoms with Crippen LogP contribution in [0.5, 0.6) is 0 Å². The summed E-state index contributed by atoms with van der Waals surface area (Å²) in [6, 6.07) is 0. The molecule has 4 heteroatoms. The third kappa shape index (κ3) is 9.91. The van der Waals surface area contributed by atoms with Gasteiger partial charge >= 0.3 is 5.97 Å². The number of ether oxygens (including phenoxy) is 1. The van der Waals surface area contributed by atoms with Crippen LogP contribution in [0.2, 0.25) is 0 Å². The number of unbranched alkanes of at least 4 members (excludes halogenated alkanes) is 6. The lowest BCUT2D eigenvalue weighted by molar-refractivity contribution is -0.146. The monoisotopic (exact) mass is 271 g/mol. The van der Waals surface area contributed by atoms with Gasteiger partial charge in [0, 0.05) is 26.1 Å². The van der Waals surface area contributed by atoms with Crippen molar-refractivity contribution < 1.29 is 14.6 Å². The second kappa shape index (κ2) is 10.2.